The SMILES string of the molecule is COc1ccc(-c2csc(NC(=O)C3CCN(S(=O)(=O)c4ccc(F)cc4)CC3)n2)cc1C. The Morgan fingerprint density at radius 2 is 1.88 bits per heavy atom. The van der Waals surface area contributed by atoms with Crippen LogP contribution in [0.5, 0.6) is 5.75 Å². The van der Waals surface area contributed by atoms with Crippen molar-refractivity contribution >= 4 is 32.4 Å². The first kappa shape index (κ1) is 23.3. The second-order valence-electron chi connectivity index (χ2n) is 7.84. The number of benzene rings is 2. The van der Waals surface area contributed by atoms with Crippen LogP contribution in [-0.4, -0.2) is 43.8 Å². The summed E-state index contributed by atoms with van der Waals surface area (Å²) in [5, 5.41) is 5.25. The fourth-order valence-corrected chi connectivity index (χ4v) is 6.02. The van der Waals surface area contributed by atoms with Crippen molar-refractivity contribution in [2.75, 3.05) is 25.5 Å². The largest absolute Gasteiger partial charge is 0.496 e. The number of carbonyl (C=O) groups is 1. The lowest BCUT2D eigenvalue weighted by atomic mass is 9.97. The highest BCUT2D eigenvalue weighted by Crippen LogP contribution is 2.30. The van der Waals surface area contributed by atoms with E-state index in [-0.39, 0.29) is 29.8 Å². The van der Waals surface area contributed by atoms with E-state index in [2.05, 4.69) is 10.3 Å². The number of halogens is 1. The highest BCUT2D eigenvalue weighted by atomic mass is 32.2. The standard InChI is InChI=1S/C23H24FN3O4S2/c1-15-13-17(3-8-21(15)31-2)20-14-32-23(25-20)26-22(28)16-9-11-27(12-10-16)33(29,30)19-6-4-18(24)5-7-19/h3-8,13-14,16H,9-12H2,1-2H3,(H,25,26,28). The number of anilines is 1. The number of ether oxygens (including phenoxy) is 1. The van der Waals surface area contributed by atoms with Gasteiger partial charge in [-0.2, -0.15) is 4.31 Å². The third-order valence-corrected chi connectivity index (χ3v) is 8.37. The average Bonchev–Trinajstić information content (AvgIpc) is 3.28. The van der Waals surface area contributed by atoms with Crippen LogP contribution in [0.15, 0.2) is 52.7 Å². The lowest BCUT2D eigenvalue weighted by Gasteiger charge is -2.30. The van der Waals surface area contributed by atoms with E-state index in [4.69, 9.17) is 4.74 Å². The minimum atomic E-state index is -3.71. The third-order valence-electron chi connectivity index (χ3n) is 5.70. The van der Waals surface area contributed by atoms with Crippen molar-refractivity contribution < 1.29 is 22.3 Å². The predicted octanol–water partition coefficient (Wildman–Crippen LogP) is 4.31. The molecule has 10 heteroatoms. The van der Waals surface area contributed by atoms with Crippen LogP contribution >= 0.6 is 11.3 Å². The highest BCUT2D eigenvalue weighted by Gasteiger charge is 2.32. The van der Waals surface area contributed by atoms with Gasteiger partial charge in [0.2, 0.25) is 15.9 Å². The molecule has 0 radical (unpaired) electrons. The zero-order chi connectivity index (χ0) is 23.6. The number of piperidine rings is 1. The van der Waals surface area contributed by atoms with Crippen molar-refractivity contribution in [1.82, 2.24) is 9.29 Å². The second kappa shape index (κ2) is 9.58. The number of carbonyl (C=O) groups excluding carboxylic acids is 1. The third kappa shape index (κ3) is 5.07. The Balaban J connectivity index is 1.36. The molecule has 0 aliphatic carbocycles. The van der Waals surface area contributed by atoms with Gasteiger partial charge in [-0.1, -0.05) is 0 Å². The maximum atomic E-state index is 13.1. The topological polar surface area (TPSA) is 88.6 Å². The molecule has 1 aromatic heterocycles. The Morgan fingerprint density at radius 1 is 1.18 bits per heavy atom. The summed E-state index contributed by atoms with van der Waals surface area (Å²) in [4.78, 5) is 17.3. The molecule has 174 valence electrons. The molecule has 0 spiro atoms. The molecule has 1 N–H and O–H groups in total. The molecule has 1 aliphatic rings. The zero-order valence-electron chi connectivity index (χ0n) is 18.2. The zero-order valence-corrected chi connectivity index (χ0v) is 19.9. The number of hydrogen-bond acceptors (Lipinski definition) is 6. The van der Waals surface area contributed by atoms with Gasteiger partial charge in [-0.3, -0.25) is 4.79 Å². The molecule has 2 heterocycles. The van der Waals surface area contributed by atoms with E-state index in [1.54, 1.807) is 7.11 Å². The van der Waals surface area contributed by atoms with E-state index in [0.717, 1.165) is 34.7 Å². The number of aromatic nitrogens is 1. The van der Waals surface area contributed by atoms with Crippen molar-refractivity contribution in [3.8, 4) is 17.0 Å². The van der Waals surface area contributed by atoms with Gasteiger partial charge >= 0.3 is 0 Å². The van der Waals surface area contributed by atoms with E-state index >= 15 is 0 Å². The number of nitrogens with one attached hydrogen (secondary N) is 1. The Labute approximate surface area is 196 Å². The van der Waals surface area contributed by atoms with E-state index in [1.807, 2.05) is 30.5 Å². The van der Waals surface area contributed by atoms with Gasteiger partial charge in [-0.05, 0) is 67.8 Å². The quantitative estimate of drug-likeness (QED) is 0.558. The summed E-state index contributed by atoms with van der Waals surface area (Å²) in [7, 11) is -2.08. The Hall–Kier alpha value is -2.82. The molecular formula is C23H24FN3O4S2. The summed E-state index contributed by atoms with van der Waals surface area (Å²) in [6.07, 6.45) is 0.810. The van der Waals surface area contributed by atoms with E-state index < -0.39 is 15.8 Å². The fraction of sp³-hybridized carbons (Fsp3) is 0.304. The summed E-state index contributed by atoms with van der Waals surface area (Å²) < 4.78 is 45.3. The molecule has 4 rings (SSSR count). The van der Waals surface area contributed by atoms with Gasteiger partial charge in [-0.25, -0.2) is 17.8 Å². The van der Waals surface area contributed by atoms with Crippen LogP contribution in [0.2, 0.25) is 0 Å². The normalized spacial score (nSPS) is 15.4. The molecular weight excluding hydrogens is 465 g/mol. The van der Waals surface area contributed by atoms with Crippen LogP contribution in [0.4, 0.5) is 9.52 Å². The Bertz CT molecular complexity index is 1250. The number of methoxy groups -OCH3 is 1. The van der Waals surface area contributed by atoms with Gasteiger partial charge < -0.3 is 10.1 Å². The molecule has 7 nitrogen and oxygen atoms in total. The molecule has 0 atom stereocenters. The molecule has 0 saturated carbocycles. The van der Waals surface area contributed by atoms with Crippen molar-refractivity contribution in [2.45, 2.75) is 24.7 Å². The number of rotatable bonds is 6. The monoisotopic (exact) mass is 489 g/mol. The summed E-state index contributed by atoms with van der Waals surface area (Å²) >= 11 is 1.34. The van der Waals surface area contributed by atoms with Gasteiger partial charge in [-0.15, -0.1) is 11.3 Å². The van der Waals surface area contributed by atoms with Crippen molar-refractivity contribution in [3.05, 3.63) is 59.2 Å². The molecule has 0 bridgehead atoms. The number of amides is 1. The van der Waals surface area contributed by atoms with Crippen molar-refractivity contribution in [2.24, 2.45) is 5.92 Å². The van der Waals surface area contributed by atoms with Crippen LogP contribution in [0.3, 0.4) is 0 Å². The Kier molecular flexibility index (Phi) is 6.78. The van der Waals surface area contributed by atoms with Crippen LogP contribution in [-0.2, 0) is 14.8 Å². The average molecular weight is 490 g/mol. The van der Waals surface area contributed by atoms with Crippen LogP contribution in [0, 0.1) is 18.7 Å². The van der Waals surface area contributed by atoms with Crippen molar-refractivity contribution in [1.29, 1.82) is 0 Å². The first-order valence-electron chi connectivity index (χ1n) is 10.4. The minimum absolute atomic E-state index is 0.0517. The summed E-state index contributed by atoms with van der Waals surface area (Å²) in [6, 6.07) is 10.6. The summed E-state index contributed by atoms with van der Waals surface area (Å²) in [5.41, 5.74) is 2.70. The van der Waals surface area contributed by atoms with E-state index in [9.17, 15) is 17.6 Å². The van der Waals surface area contributed by atoms with E-state index in [1.165, 1.54) is 27.8 Å². The number of thiazole rings is 1. The summed E-state index contributed by atoms with van der Waals surface area (Å²) in [5.74, 6) is -0.159. The maximum absolute atomic E-state index is 13.1. The molecule has 33 heavy (non-hydrogen) atoms. The molecule has 3 aromatic rings. The maximum Gasteiger partial charge on any atom is 0.243 e. The van der Waals surface area contributed by atoms with Crippen molar-refractivity contribution in [3.63, 3.8) is 0 Å². The molecule has 1 aliphatic heterocycles. The fourth-order valence-electron chi connectivity index (χ4n) is 3.82. The second-order valence-corrected chi connectivity index (χ2v) is 10.6. The molecule has 1 saturated heterocycles. The number of nitrogens with zero attached hydrogens (tertiary/aromatic N) is 2. The number of sulfonamides is 1. The van der Waals surface area contributed by atoms with Gasteiger partial charge in [0.1, 0.15) is 11.6 Å². The lowest BCUT2D eigenvalue weighted by molar-refractivity contribution is -0.120. The first-order valence-corrected chi connectivity index (χ1v) is 12.8. The van der Waals surface area contributed by atoms with Crippen LogP contribution in [0.1, 0.15) is 18.4 Å². The summed E-state index contributed by atoms with van der Waals surface area (Å²) in [6.45, 7) is 2.41. The van der Waals surface area contributed by atoms with Gasteiger partial charge in [0.05, 0.1) is 17.7 Å². The Morgan fingerprint density at radius 3 is 2.52 bits per heavy atom. The van der Waals surface area contributed by atoms with Crippen LogP contribution < -0.4 is 10.1 Å². The van der Waals surface area contributed by atoms with Gasteiger partial charge in [0.25, 0.3) is 0 Å². The van der Waals surface area contributed by atoms with Crippen LogP contribution in [0.25, 0.3) is 11.3 Å². The van der Waals surface area contributed by atoms with E-state index in [0.29, 0.717) is 18.0 Å². The smallest absolute Gasteiger partial charge is 0.243 e. The highest BCUT2D eigenvalue weighted by molar-refractivity contribution is 7.89. The predicted molar refractivity (Wildman–Crippen MR) is 125 cm³/mol. The molecule has 1 amide bonds. The minimum Gasteiger partial charge on any atom is -0.496 e. The molecule has 0 unspecified atom stereocenters. The number of aryl methyl sites for hydroxylation is 1. The number of hydrogen-bond donors (Lipinski definition) is 1. The lowest BCUT2D eigenvalue weighted by Crippen LogP contribution is -2.41. The van der Waals surface area contributed by atoms with Gasteiger partial charge in [0, 0.05) is 30.0 Å². The molecule has 1 fully saturated rings. The molecule has 2 aromatic carbocycles. The van der Waals surface area contributed by atoms with Gasteiger partial charge in [0.15, 0.2) is 5.13 Å². The first-order chi connectivity index (χ1) is 15.8.